The van der Waals surface area contributed by atoms with Crippen LogP contribution >= 0.6 is 15.9 Å². The van der Waals surface area contributed by atoms with Crippen LogP contribution < -0.4 is 5.32 Å². The molecule has 88 valence electrons. The molecule has 1 fully saturated rings. The molecule has 1 aromatic heterocycles. The van der Waals surface area contributed by atoms with Gasteiger partial charge in [-0.2, -0.15) is 0 Å². The number of hydrogen-bond donors (Lipinski definition) is 1. The van der Waals surface area contributed by atoms with Gasteiger partial charge in [0.25, 0.3) is 0 Å². The molecular weight excluding hydrogens is 292 g/mol. The van der Waals surface area contributed by atoms with Gasteiger partial charge in [-0.3, -0.25) is 4.98 Å². The van der Waals surface area contributed by atoms with E-state index in [-0.39, 0.29) is 17.5 Å². The van der Waals surface area contributed by atoms with Crippen molar-refractivity contribution in [2.75, 3.05) is 16.8 Å². The zero-order chi connectivity index (χ0) is 11.6. The van der Waals surface area contributed by atoms with E-state index in [1.807, 2.05) is 6.07 Å². The highest BCUT2D eigenvalue weighted by molar-refractivity contribution is 9.10. The maximum absolute atomic E-state index is 11.3. The Morgan fingerprint density at radius 3 is 2.62 bits per heavy atom. The first-order valence-electron chi connectivity index (χ1n) is 5.13. The fourth-order valence-corrected chi connectivity index (χ4v) is 3.62. The highest BCUT2D eigenvalue weighted by atomic mass is 79.9. The average molecular weight is 305 g/mol. The molecule has 2 heterocycles. The van der Waals surface area contributed by atoms with Crippen LogP contribution in [0.5, 0.6) is 0 Å². The van der Waals surface area contributed by atoms with Crippen LogP contribution in [0.3, 0.4) is 0 Å². The lowest BCUT2D eigenvalue weighted by Crippen LogP contribution is -2.32. The van der Waals surface area contributed by atoms with Crippen LogP contribution in [0.4, 0.5) is 5.69 Å². The van der Waals surface area contributed by atoms with Crippen molar-refractivity contribution in [2.24, 2.45) is 0 Å². The van der Waals surface area contributed by atoms with E-state index >= 15 is 0 Å². The summed E-state index contributed by atoms with van der Waals surface area (Å²) in [5.41, 5.74) is 0.929. The molecule has 1 aromatic rings. The summed E-state index contributed by atoms with van der Waals surface area (Å²) < 4.78 is 23.4. The third-order valence-electron chi connectivity index (χ3n) is 2.63. The largest absolute Gasteiger partial charge is 0.381 e. The maximum Gasteiger partial charge on any atom is 0.150 e. The Morgan fingerprint density at radius 1 is 1.31 bits per heavy atom. The van der Waals surface area contributed by atoms with Crippen molar-refractivity contribution in [3.63, 3.8) is 0 Å². The van der Waals surface area contributed by atoms with Crippen molar-refractivity contribution in [2.45, 2.75) is 18.9 Å². The number of rotatable bonds is 2. The van der Waals surface area contributed by atoms with Gasteiger partial charge in [-0.15, -0.1) is 0 Å². The number of pyridine rings is 1. The number of aromatic nitrogens is 1. The number of anilines is 1. The van der Waals surface area contributed by atoms with Gasteiger partial charge < -0.3 is 5.32 Å². The predicted octanol–water partition coefficient (Wildman–Crippen LogP) is 1.83. The Hall–Kier alpha value is -0.620. The van der Waals surface area contributed by atoms with Gasteiger partial charge in [-0.1, -0.05) is 0 Å². The van der Waals surface area contributed by atoms with Crippen molar-refractivity contribution in [1.82, 2.24) is 4.98 Å². The second-order valence-electron chi connectivity index (χ2n) is 3.96. The second-order valence-corrected chi connectivity index (χ2v) is 7.18. The highest BCUT2D eigenvalue weighted by Crippen LogP contribution is 2.19. The lowest BCUT2D eigenvalue weighted by atomic mass is 10.1. The van der Waals surface area contributed by atoms with Gasteiger partial charge in [0.05, 0.1) is 23.4 Å². The third kappa shape index (κ3) is 3.18. The quantitative estimate of drug-likeness (QED) is 0.905. The van der Waals surface area contributed by atoms with Crippen molar-refractivity contribution < 1.29 is 8.42 Å². The lowest BCUT2D eigenvalue weighted by Gasteiger charge is -2.23. The molecule has 0 spiro atoms. The molecule has 0 unspecified atom stereocenters. The number of nitrogens with zero attached hydrogens (tertiary/aromatic N) is 1. The van der Waals surface area contributed by atoms with Crippen molar-refractivity contribution in [1.29, 1.82) is 0 Å². The van der Waals surface area contributed by atoms with E-state index in [1.54, 1.807) is 12.4 Å². The number of hydrogen-bond acceptors (Lipinski definition) is 4. The molecule has 1 N–H and O–H groups in total. The Balaban J connectivity index is 1.97. The van der Waals surface area contributed by atoms with Crippen LogP contribution in [0.15, 0.2) is 22.9 Å². The highest BCUT2D eigenvalue weighted by Gasteiger charge is 2.23. The third-order valence-corrected chi connectivity index (χ3v) is 4.78. The minimum Gasteiger partial charge on any atom is -0.381 e. The molecule has 1 saturated heterocycles. The number of sulfone groups is 1. The zero-order valence-electron chi connectivity index (χ0n) is 8.69. The predicted molar refractivity (Wildman–Crippen MR) is 67.2 cm³/mol. The first-order valence-corrected chi connectivity index (χ1v) is 7.74. The standard InChI is InChI=1S/C10H13BrN2O2S/c11-8-5-10(7-12-6-8)13-9-1-3-16(14,15)4-2-9/h5-7,9,13H,1-4H2. The van der Waals surface area contributed by atoms with Gasteiger partial charge in [0, 0.05) is 16.7 Å². The first-order chi connectivity index (χ1) is 7.55. The zero-order valence-corrected chi connectivity index (χ0v) is 11.1. The second kappa shape index (κ2) is 4.71. The Bertz CT molecular complexity index is 461. The molecular formula is C10H13BrN2O2S. The summed E-state index contributed by atoms with van der Waals surface area (Å²) in [7, 11) is -2.78. The van der Waals surface area contributed by atoms with E-state index < -0.39 is 9.84 Å². The molecule has 0 aliphatic carbocycles. The van der Waals surface area contributed by atoms with Crippen LogP contribution in [0, 0.1) is 0 Å². The van der Waals surface area contributed by atoms with Crippen molar-refractivity contribution >= 4 is 31.5 Å². The summed E-state index contributed by atoms with van der Waals surface area (Å²) in [6.45, 7) is 0. The van der Waals surface area contributed by atoms with E-state index in [0.717, 1.165) is 10.2 Å². The van der Waals surface area contributed by atoms with Crippen LogP contribution in [0.1, 0.15) is 12.8 Å². The van der Waals surface area contributed by atoms with Gasteiger partial charge in [0.1, 0.15) is 9.84 Å². The van der Waals surface area contributed by atoms with Gasteiger partial charge >= 0.3 is 0 Å². The van der Waals surface area contributed by atoms with Gasteiger partial charge in [0.2, 0.25) is 0 Å². The summed E-state index contributed by atoms with van der Waals surface area (Å²) in [5, 5.41) is 3.30. The van der Waals surface area contributed by atoms with Crippen LogP contribution in [0.2, 0.25) is 0 Å². The molecule has 2 rings (SSSR count). The number of halogens is 1. The molecule has 0 radical (unpaired) electrons. The summed E-state index contributed by atoms with van der Waals surface area (Å²) in [6.07, 6.45) is 4.81. The summed E-state index contributed by atoms with van der Waals surface area (Å²) in [5.74, 6) is 0.568. The summed E-state index contributed by atoms with van der Waals surface area (Å²) in [6, 6.07) is 2.18. The van der Waals surface area contributed by atoms with Crippen LogP contribution in [-0.4, -0.2) is 30.9 Å². The summed E-state index contributed by atoms with van der Waals surface area (Å²) in [4.78, 5) is 4.05. The Morgan fingerprint density at radius 2 is 2.00 bits per heavy atom. The molecule has 0 amide bonds. The monoisotopic (exact) mass is 304 g/mol. The molecule has 0 atom stereocenters. The number of nitrogens with one attached hydrogen (secondary N) is 1. The fraction of sp³-hybridized carbons (Fsp3) is 0.500. The SMILES string of the molecule is O=S1(=O)CCC(Nc2cncc(Br)c2)CC1. The normalized spacial score (nSPS) is 20.6. The van der Waals surface area contributed by atoms with Crippen LogP contribution in [0.25, 0.3) is 0 Å². The Kier molecular flexibility index (Phi) is 3.49. The van der Waals surface area contributed by atoms with E-state index in [2.05, 4.69) is 26.2 Å². The minimum atomic E-state index is -2.78. The van der Waals surface area contributed by atoms with Crippen LogP contribution in [-0.2, 0) is 9.84 Å². The molecule has 0 aromatic carbocycles. The molecule has 1 aliphatic rings. The molecule has 1 aliphatic heterocycles. The molecule has 6 heteroatoms. The van der Waals surface area contributed by atoms with Crippen molar-refractivity contribution in [3.8, 4) is 0 Å². The fourth-order valence-electron chi connectivity index (χ4n) is 1.76. The van der Waals surface area contributed by atoms with Gasteiger partial charge in [-0.25, -0.2) is 8.42 Å². The van der Waals surface area contributed by atoms with E-state index in [1.165, 1.54) is 0 Å². The topological polar surface area (TPSA) is 59.1 Å². The summed E-state index contributed by atoms with van der Waals surface area (Å²) >= 11 is 3.35. The van der Waals surface area contributed by atoms with E-state index in [0.29, 0.717) is 12.8 Å². The molecule has 0 saturated carbocycles. The maximum atomic E-state index is 11.3. The Labute approximate surface area is 104 Å². The van der Waals surface area contributed by atoms with E-state index in [9.17, 15) is 8.42 Å². The lowest BCUT2D eigenvalue weighted by molar-refractivity contribution is 0.559. The molecule has 0 bridgehead atoms. The van der Waals surface area contributed by atoms with Gasteiger partial charge in [-0.05, 0) is 34.8 Å². The van der Waals surface area contributed by atoms with Crippen molar-refractivity contribution in [3.05, 3.63) is 22.9 Å². The smallest absolute Gasteiger partial charge is 0.150 e. The molecule has 16 heavy (non-hydrogen) atoms. The molecule has 4 nitrogen and oxygen atoms in total. The van der Waals surface area contributed by atoms with Gasteiger partial charge in [0.15, 0.2) is 0 Å². The first kappa shape index (κ1) is 11.9. The minimum absolute atomic E-state index is 0.236. The average Bonchev–Trinajstić information content (AvgIpc) is 2.21. The van der Waals surface area contributed by atoms with E-state index in [4.69, 9.17) is 0 Å².